The second kappa shape index (κ2) is 5.04. The van der Waals surface area contributed by atoms with Crippen molar-refractivity contribution in [3.05, 3.63) is 35.4 Å². The molecule has 0 fully saturated rings. The van der Waals surface area contributed by atoms with E-state index in [0.29, 0.717) is 6.04 Å². The molecule has 0 saturated heterocycles. The maximum Gasteiger partial charge on any atom is 0.0446 e. The van der Waals surface area contributed by atoms with Crippen molar-refractivity contribution in [2.24, 2.45) is 0 Å². The van der Waals surface area contributed by atoms with Gasteiger partial charge in [-0.15, -0.1) is 0 Å². The number of hydrogen-bond donors (Lipinski definition) is 1. The summed E-state index contributed by atoms with van der Waals surface area (Å²) in [4.78, 5) is 0. The molecule has 1 N–H and O–H groups in total. The van der Waals surface area contributed by atoms with Crippen LogP contribution in [-0.2, 0) is 6.42 Å². The van der Waals surface area contributed by atoms with E-state index < -0.39 is 0 Å². The molecule has 2 heteroatoms. The van der Waals surface area contributed by atoms with Crippen molar-refractivity contribution in [1.29, 1.82) is 0 Å². The second-order valence-corrected chi connectivity index (χ2v) is 5.45. The number of thioether (sulfide) groups is 1. The van der Waals surface area contributed by atoms with E-state index in [4.69, 9.17) is 0 Å². The lowest BCUT2D eigenvalue weighted by molar-refractivity contribution is 0.560. The highest BCUT2D eigenvalue weighted by atomic mass is 32.2. The molecular weight excluding hydrogens is 202 g/mol. The third kappa shape index (κ3) is 2.21. The molecule has 0 aliphatic heterocycles. The molecule has 0 saturated carbocycles. The van der Waals surface area contributed by atoms with Crippen molar-refractivity contribution in [3.8, 4) is 0 Å². The molecule has 15 heavy (non-hydrogen) atoms. The Bertz CT molecular complexity index is 324. The minimum atomic E-state index is 0.566. The molecule has 0 bridgehead atoms. The fourth-order valence-corrected chi connectivity index (χ4v) is 3.55. The molecule has 82 valence electrons. The third-order valence-corrected chi connectivity index (χ3v) is 4.19. The van der Waals surface area contributed by atoms with E-state index in [1.165, 1.54) is 23.3 Å². The zero-order chi connectivity index (χ0) is 10.7. The van der Waals surface area contributed by atoms with E-state index in [-0.39, 0.29) is 0 Å². The van der Waals surface area contributed by atoms with Crippen molar-refractivity contribution in [1.82, 2.24) is 5.32 Å². The van der Waals surface area contributed by atoms with Gasteiger partial charge in [-0.05, 0) is 29.8 Å². The molecule has 1 aromatic carbocycles. The molecule has 0 heterocycles. The second-order valence-electron chi connectivity index (χ2n) is 3.93. The van der Waals surface area contributed by atoms with Gasteiger partial charge in [-0.1, -0.05) is 38.1 Å². The first kappa shape index (κ1) is 11.0. The smallest absolute Gasteiger partial charge is 0.0446 e. The maximum absolute atomic E-state index is 3.61. The van der Waals surface area contributed by atoms with Crippen LogP contribution in [0.3, 0.4) is 0 Å². The number of fused-ring (bicyclic) bond motifs is 1. The van der Waals surface area contributed by atoms with E-state index >= 15 is 0 Å². The summed E-state index contributed by atoms with van der Waals surface area (Å²) in [6, 6.07) is 9.42. The van der Waals surface area contributed by atoms with Crippen LogP contribution in [0.4, 0.5) is 0 Å². The van der Waals surface area contributed by atoms with Crippen molar-refractivity contribution >= 4 is 11.8 Å². The van der Waals surface area contributed by atoms with Crippen LogP contribution >= 0.6 is 11.8 Å². The Hall–Kier alpha value is -0.470. The first-order valence-corrected chi connectivity index (χ1v) is 6.84. The lowest BCUT2D eigenvalue weighted by atomic mass is 10.1. The minimum absolute atomic E-state index is 0.566. The fraction of sp³-hybridized carbons (Fsp3) is 0.538. The van der Waals surface area contributed by atoms with Gasteiger partial charge < -0.3 is 5.32 Å². The molecular formula is C13H19NS. The molecule has 0 spiro atoms. The summed E-state index contributed by atoms with van der Waals surface area (Å²) in [5.74, 6) is 1.21. The summed E-state index contributed by atoms with van der Waals surface area (Å²) < 4.78 is 0. The van der Waals surface area contributed by atoms with Crippen LogP contribution in [0, 0.1) is 0 Å². The predicted molar refractivity (Wildman–Crippen MR) is 68.5 cm³/mol. The van der Waals surface area contributed by atoms with Crippen LogP contribution < -0.4 is 5.32 Å². The maximum atomic E-state index is 3.61. The highest BCUT2D eigenvalue weighted by Crippen LogP contribution is 2.38. The third-order valence-electron chi connectivity index (χ3n) is 2.99. The first-order chi connectivity index (χ1) is 7.36. The number of benzene rings is 1. The standard InChI is InChI=1S/C13H19NS/c1-3-14-13-11-8-6-5-7-10(11)9-12(13)15-4-2/h5-8,12-14H,3-4,9H2,1-2H3. The lowest BCUT2D eigenvalue weighted by Crippen LogP contribution is -2.26. The van der Waals surface area contributed by atoms with Gasteiger partial charge in [0.1, 0.15) is 0 Å². The van der Waals surface area contributed by atoms with Crippen LogP contribution in [0.15, 0.2) is 24.3 Å². The van der Waals surface area contributed by atoms with E-state index in [1.807, 2.05) is 0 Å². The van der Waals surface area contributed by atoms with Gasteiger partial charge in [-0.2, -0.15) is 11.8 Å². The summed E-state index contributed by atoms with van der Waals surface area (Å²) in [7, 11) is 0. The van der Waals surface area contributed by atoms with Gasteiger partial charge in [0, 0.05) is 11.3 Å². The van der Waals surface area contributed by atoms with E-state index in [9.17, 15) is 0 Å². The van der Waals surface area contributed by atoms with Crippen LogP contribution in [0.5, 0.6) is 0 Å². The Kier molecular flexibility index (Phi) is 3.71. The monoisotopic (exact) mass is 221 g/mol. The van der Waals surface area contributed by atoms with Crippen molar-refractivity contribution < 1.29 is 0 Å². The van der Waals surface area contributed by atoms with Crippen molar-refractivity contribution in [3.63, 3.8) is 0 Å². The Morgan fingerprint density at radius 3 is 2.87 bits per heavy atom. The Labute approximate surface area is 96.7 Å². The van der Waals surface area contributed by atoms with E-state index in [0.717, 1.165) is 11.8 Å². The number of hydrogen-bond acceptors (Lipinski definition) is 2. The SMILES string of the molecule is CCNC1c2ccccc2CC1SCC. The molecule has 0 radical (unpaired) electrons. The highest BCUT2D eigenvalue weighted by Gasteiger charge is 2.31. The quantitative estimate of drug-likeness (QED) is 0.839. The zero-order valence-corrected chi connectivity index (χ0v) is 10.3. The minimum Gasteiger partial charge on any atom is -0.309 e. The van der Waals surface area contributed by atoms with Gasteiger partial charge in [-0.25, -0.2) is 0 Å². The molecule has 2 unspecified atom stereocenters. The Morgan fingerprint density at radius 2 is 2.13 bits per heavy atom. The van der Waals surface area contributed by atoms with Gasteiger partial charge in [0.15, 0.2) is 0 Å². The molecule has 2 atom stereocenters. The lowest BCUT2D eigenvalue weighted by Gasteiger charge is -2.20. The van der Waals surface area contributed by atoms with E-state index in [2.05, 4.69) is 55.2 Å². The van der Waals surface area contributed by atoms with Crippen LogP contribution in [-0.4, -0.2) is 17.5 Å². The first-order valence-electron chi connectivity index (χ1n) is 5.79. The van der Waals surface area contributed by atoms with E-state index in [1.54, 1.807) is 0 Å². The molecule has 2 rings (SSSR count). The Balaban J connectivity index is 2.21. The molecule has 0 amide bonds. The molecule has 1 nitrogen and oxygen atoms in total. The van der Waals surface area contributed by atoms with Gasteiger partial charge in [0.2, 0.25) is 0 Å². The normalized spacial score (nSPS) is 24.1. The zero-order valence-electron chi connectivity index (χ0n) is 9.49. The average molecular weight is 221 g/mol. The summed E-state index contributed by atoms with van der Waals surface area (Å²) in [5, 5.41) is 4.34. The average Bonchev–Trinajstić information content (AvgIpc) is 2.59. The summed E-state index contributed by atoms with van der Waals surface area (Å²) in [5.41, 5.74) is 3.06. The number of rotatable bonds is 4. The fourth-order valence-electron chi connectivity index (χ4n) is 2.39. The van der Waals surface area contributed by atoms with Crippen LogP contribution in [0.1, 0.15) is 31.0 Å². The van der Waals surface area contributed by atoms with Crippen LogP contribution in [0.25, 0.3) is 0 Å². The van der Waals surface area contributed by atoms with Gasteiger partial charge in [-0.3, -0.25) is 0 Å². The Morgan fingerprint density at radius 1 is 1.33 bits per heavy atom. The van der Waals surface area contributed by atoms with Crippen molar-refractivity contribution in [2.45, 2.75) is 31.6 Å². The predicted octanol–water partition coefficient (Wildman–Crippen LogP) is 3.02. The van der Waals surface area contributed by atoms with Gasteiger partial charge >= 0.3 is 0 Å². The van der Waals surface area contributed by atoms with Crippen molar-refractivity contribution in [2.75, 3.05) is 12.3 Å². The molecule has 1 aliphatic carbocycles. The summed E-state index contributed by atoms with van der Waals surface area (Å²) in [6.45, 7) is 5.49. The molecule has 0 aromatic heterocycles. The number of nitrogens with one attached hydrogen (secondary N) is 1. The molecule has 1 aromatic rings. The van der Waals surface area contributed by atoms with Crippen LogP contribution in [0.2, 0.25) is 0 Å². The summed E-state index contributed by atoms with van der Waals surface area (Å²) >= 11 is 2.08. The largest absolute Gasteiger partial charge is 0.309 e. The van der Waals surface area contributed by atoms with Gasteiger partial charge in [0.05, 0.1) is 0 Å². The highest BCUT2D eigenvalue weighted by molar-refractivity contribution is 7.99. The van der Waals surface area contributed by atoms with Gasteiger partial charge in [0.25, 0.3) is 0 Å². The summed E-state index contributed by atoms with van der Waals surface area (Å²) in [6.07, 6.45) is 1.23. The topological polar surface area (TPSA) is 12.0 Å². The molecule has 1 aliphatic rings.